The summed E-state index contributed by atoms with van der Waals surface area (Å²) < 4.78 is 12.8. The van der Waals surface area contributed by atoms with Gasteiger partial charge in [-0.2, -0.15) is 0 Å². The predicted molar refractivity (Wildman–Crippen MR) is 106 cm³/mol. The van der Waals surface area contributed by atoms with Gasteiger partial charge in [0.1, 0.15) is 11.9 Å². The summed E-state index contributed by atoms with van der Waals surface area (Å²) >= 11 is 0. The Morgan fingerprint density at radius 1 is 1.00 bits per heavy atom. The first-order valence-electron chi connectivity index (χ1n) is 8.62. The van der Waals surface area contributed by atoms with Crippen LogP contribution in [0.2, 0.25) is 0 Å². The second kappa shape index (κ2) is 9.52. The quantitative estimate of drug-likeness (QED) is 0.360. The largest absolute Gasteiger partial charge is 0.338 e. The van der Waals surface area contributed by atoms with Crippen molar-refractivity contribution in [3.8, 4) is 23.7 Å². The van der Waals surface area contributed by atoms with Gasteiger partial charge in [-0.3, -0.25) is 14.8 Å². The third-order valence-electron chi connectivity index (χ3n) is 3.86. The van der Waals surface area contributed by atoms with Gasteiger partial charge < -0.3 is 11.1 Å². The first-order chi connectivity index (χ1) is 13.7. The van der Waals surface area contributed by atoms with Crippen LogP contribution in [0.1, 0.15) is 35.3 Å². The van der Waals surface area contributed by atoms with Crippen LogP contribution in [-0.4, -0.2) is 28.6 Å². The van der Waals surface area contributed by atoms with E-state index in [-0.39, 0.29) is 5.82 Å². The minimum absolute atomic E-state index is 0.299. The molecule has 0 unspecified atom stereocenters. The van der Waals surface area contributed by atoms with Crippen molar-refractivity contribution in [2.24, 2.45) is 5.73 Å². The van der Waals surface area contributed by atoms with Crippen LogP contribution in [0.15, 0.2) is 48.5 Å². The Morgan fingerprint density at radius 2 is 1.48 bits per heavy atom. The number of hydroxylamine groups is 1. The van der Waals surface area contributed by atoms with Crippen LogP contribution in [0.5, 0.6) is 0 Å². The summed E-state index contributed by atoms with van der Waals surface area (Å²) in [7, 11) is 0. The first-order valence-corrected chi connectivity index (χ1v) is 8.62. The Morgan fingerprint density at radius 3 is 1.93 bits per heavy atom. The molecule has 29 heavy (non-hydrogen) atoms. The molecule has 0 saturated heterocycles. The topological polar surface area (TPSA) is 104 Å². The number of nitrogens with one attached hydrogen (secondary N) is 2. The number of benzene rings is 2. The van der Waals surface area contributed by atoms with Gasteiger partial charge >= 0.3 is 0 Å². The van der Waals surface area contributed by atoms with Gasteiger partial charge in [0.2, 0.25) is 0 Å². The number of rotatable bonds is 4. The summed E-state index contributed by atoms with van der Waals surface area (Å²) in [6.45, 7) is 3.11. The van der Waals surface area contributed by atoms with E-state index in [9.17, 15) is 14.0 Å². The van der Waals surface area contributed by atoms with Gasteiger partial charge in [0.15, 0.2) is 0 Å². The highest BCUT2D eigenvalue weighted by Crippen LogP contribution is 2.09. The fourth-order valence-electron chi connectivity index (χ4n) is 2.31. The maximum atomic E-state index is 12.8. The molecule has 1 atom stereocenters. The Labute approximate surface area is 168 Å². The molecular formula is C22H20FN3O3. The van der Waals surface area contributed by atoms with Crippen LogP contribution in [-0.2, 0) is 4.79 Å². The molecule has 0 aliphatic carbocycles. The maximum absolute atomic E-state index is 12.8. The highest BCUT2D eigenvalue weighted by molar-refractivity contribution is 5.97. The van der Waals surface area contributed by atoms with Crippen molar-refractivity contribution in [2.75, 3.05) is 0 Å². The van der Waals surface area contributed by atoms with Crippen LogP contribution < -0.4 is 16.5 Å². The first kappa shape index (κ1) is 21.6. The fourth-order valence-corrected chi connectivity index (χ4v) is 2.31. The Hall–Kier alpha value is -3.65. The molecule has 0 spiro atoms. The van der Waals surface area contributed by atoms with Gasteiger partial charge in [-0.05, 0) is 74.2 Å². The van der Waals surface area contributed by atoms with E-state index in [2.05, 4.69) is 29.0 Å². The lowest BCUT2D eigenvalue weighted by molar-refractivity contribution is -0.132. The van der Waals surface area contributed by atoms with Gasteiger partial charge in [0.25, 0.3) is 11.8 Å². The summed E-state index contributed by atoms with van der Waals surface area (Å²) in [5, 5.41) is 11.3. The van der Waals surface area contributed by atoms with Crippen LogP contribution in [0.25, 0.3) is 0 Å². The highest BCUT2D eigenvalue weighted by Gasteiger charge is 2.33. The van der Waals surface area contributed by atoms with E-state index in [1.165, 1.54) is 17.6 Å². The molecule has 0 fully saturated rings. The monoisotopic (exact) mass is 393 g/mol. The molecule has 0 aliphatic rings. The molecule has 5 N–H and O–H groups in total. The number of halogens is 1. The molecule has 7 heteroatoms. The van der Waals surface area contributed by atoms with E-state index in [0.717, 1.165) is 0 Å². The number of carbonyl (C=O) groups is 2. The van der Waals surface area contributed by atoms with Crippen LogP contribution in [0.3, 0.4) is 0 Å². The normalized spacial score (nSPS) is 11.2. The molecule has 0 heterocycles. The van der Waals surface area contributed by atoms with Gasteiger partial charge in [0, 0.05) is 22.2 Å². The van der Waals surface area contributed by atoms with Gasteiger partial charge in [-0.15, -0.1) is 0 Å². The van der Waals surface area contributed by atoms with E-state index in [4.69, 9.17) is 10.9 Å². The molecule has 0 saturated carbocycles. The third-order valence-corrected chi connectivity index (χ3v) is 3.86. The molecule has 2 aromatic rings. The van der Waals surface area contributed by atoms with Crippen LogP contribution >= 0.6 is 0 Å². The standard InChI is InChI=1S/C22H20FN3O3/c1-22(2,24)19(21(28)26-29)25-20(27)17-11-7-15(8-12-17)5-3-4-6-16-9-13-18(23)14-10-16/h7-14,19,29H,24H2,1-2H3,(H,25,27)(H,26,28)/t19-/m1/s1. The molecule has 0 aliphatic heterocycles. The summed E-state index contributed by atoms with van der Waals surface area (Å²) in [4.78, 5) is 24.1. The molecule has 0 aromatic heterocycles. The van der Waals surface area contributed by atoms with E-state index >= 15 is 0 Å². The predicted octanol–water partition coefficient (Wildman–Crippen LogP) is 1.57. The smallest absolute Gasteiger partial charge is 0.267 e. The summed E-state index contributed by atoms with van der Waals surface area (Å²) in [5.41, 5.74) is 7.89. The van der Waals surface area contributed by atoms with Crippen LogP contribution in [0.4, 0.5) is 4.39 Å². The third kappa shape index (κ3) is 6.47. The number of hydrogen-bond donors (Lipinski definition) is 4. The van der Waals surface area contributed by atoms with E-state index < -0.39 is 23.4 Å². The number of carbonyl (C=O) groups excluding carboxylic acids is 2. The Bertz CT molecular complexity index is 1000. The molecule has 6 nitrogen and oxygen atoms in total. The number of nitrogens with two attached hydrogens (primary N) is 1. The van der Waals surface area contributed by atoms with Crippen molar-refractivity contribution in [3.05, 3.63) is 71.0 Å². The van der Waals surface area contributed by atoms with Gasteiger partial charge in [-0.1, -0.05) is 11.8 Å². The summed E-state index contributed by atoms with van der Waals surface area (Å²) in [6.07, 6.45) is 0. The van der Waals surface area contributed by atoms with Crippen molar-refractivity contribution in [3.63, 3.8) is 0 Å². The average molecular weight is 393 g/mol. The van der Waals surface area contributed by atoms with Gasteiger partial charge in [0.05, 0.1) is 0 Å². The van der Waals surface area contributed by atoms with Crippen molar-refractivity contribution in [1.82, 2.24) is 10.8 Å². The molecule has 2 amide bonds. The summed E-state index contributed by atoms with van der Waals surface area (Å²) in [5.74, 6) is 9.33. The number of amides is 2. The molecule has 148 valence electrons. The van der Waals surface area contributed by atoms with Crippen LogP contribution in [0, 0.1) is 29.5 Å². The van der Waals surface area contributed by atoms with E-state index in [1.807, 2.05) is 0 Å². The fraction of sp³-hybridized carbons (Fsp3) is 0.182. The molecular weight excluding hydrogens is 373 g/mol. The summed E-state index contributed by atoms with van der Waals surface area (Å²) in [6, 6.07) is 11.0. The molecule has 2 aromatic carbocycles. The van der Waals surface area contributed by atoms with Crippen molar-refractivity contribution in [1.29, 1.82) is 0 Å². The van der Waals surface area contributed by atoms with Crippen molar-refractivity contribution >= 4 is 11.8 Å². The minimum atomic E-state index is -1.12. The second-order valence-corrected chi connectivity index (χ2v) is 6.79. The minimum Gasteiger partial charge on any atom is -0.338 e. The second-order valence-electron chi connectivity index (χ2n) is 6.79. The maximum Gasteiger partial charge on any atom is 0.267 e. The zero-order chi connectivity index (χ0) is 21.4. The molecule has 2 rings (SSSR count). The lowest BCUT2D eigenvalue weighted by Gasteiger charge is -2.29. The highest BCUT2D eigenvalue weighted by atomic mass is 19.1. The Balaban J connectivity index is 2.06. The Kier molecular flexibility index (Phi) is 7.10. The van der Waals surface area contributed by atoms with Gasteiger partial charge in [-0.25, -0.2) is 9.87 Å². The SMILES string of the molecule is CC(C)(N)[C@H](NC(=O)c1ccc(C#CC#Cc2ccc(F)cc2)cc1)C(=O)NO. The molecule has 0 radical (unpaired) electrons. The lowest BCUT2D eigenvalue weighted by atomic mass is 9.95. The van der Waals surface area contributed by atoms with Crippen molar-refractivity contribution in [2.45, 2.75) is 25.4 Å². The zero-order valence-corrected chi connectivity index (χ0v) is 15.9. The van der Waals surface area contributed by atoms with E-state index in [1.54, 1.807) is 50.2 Å². The van der Waals surface area contributed by atoms with E-state index in [0.29, 0.717) is 16.7 Å². The lowest BCUT2D eigenvalue weighted by Crippen LogP contribution is -2.61. The average Bonchev–Trinajstić information content (AvgIpc) is 2.69. The molecule has 0 bridgehead atoms. The number of hydrogen-bond acceptors (Lipinski definition) is 4. The zero-order valence-electron chi connectivity index (χ0n) is 15.9. The van der Waals surface area contributed by atoms with Crippen molar-refractivity contribution < 1.29 is 19.2 Å².